The van der Waals surface area contributed by atoms with Crippen molar-refractivity contribution >= 4 is 16.7 Å². The number of hydrogen-bond donors (Lipinski definition) is 0. The normalized spacial score (nSPS) is 10.3. The van der Waals surface area contributed by atoms with Crippen LogP contribution in [-0.4, -0.2) is 38.0 Å². The summed E-state index contributed by atoms with van der Waals surface area (Å²) in [6, 6.07) is 13.6. The summed E-state index contributed by atoms with van der Waals surface area (Å²) in [5, 5.41) is 6.15. The third-order valence-corrected chi connectivity index (χ3v) is 2.82. The van der Waals surface area contributed by atoms with Crippen molar-refractivity contribution in [3.8, 4) is 0 Å². The van der Waals surface area contributed by atoms with E-state index in [-0.39, 0.29) is 55.3 Å². The Morgan fingerprint density at radius 1 is 1.11 bits per heavy atom. The Hall–Kier alpha value is -0.286. The Morgan fingerprint density at radius 2 is 1.79 bits per heavy atom. The first kappa shape index (κ1) is 16.8. The SMILES string of the molecule is CN(C)CC[N-]C(=O)c1cccc2ccccc12.[Eu]. The Labute approximate surface area is 154 Å². The Morgan fingerprint density at radius 3 is 2.53 bits per heavy atom. The van der Waals surface area contributed by atoms with Crippen LogP contribution in [0.4, 0.5) is 0 Å². The molecule has 0 bridgehead atoms. The Bertz CT molecular complexity index is 549. The van der Waals surface area contributed by atoms with Gasteiger partial charge >= 0.3 is 0 Å². The molecule has 1 amide bonds. The summed E-state index contributed by atoms with van der Waals surface area (Å²) in [5.41, 5.74) is 0.687. The van der Waals surface area contributed by atoms with Gasteiger partial charge in [-0.05, 0) is 31.4 Å². The molecule has 0 aromatic heterocycles. The molecule has 19 heavy (non-hydrogen) atoms. The number of carbonyl (C=O) groups is 1. The van der Waals surface area contributed by atoms with E-state index in [0.29, 0.717) is 12.1 Å². The van der Waals surface area contributed by atoms with E-state index >= 15 is 0 Å². The molecular weight excluding hydrogens is 376 g/mol. The third-order valence-electron chi connectivity index (χ3n) is 2.82. The van der Waals surface area contributed by atoms with Gasteiger partial charge in [0.15, 0.2) is 0 Å². The van der Waals surface area contributed by atoms with E-state index in [1.54, 1.807) is 0 Å². The number of carbonyl (C=O) groups excluding carboxylic acids is 1. The van der Waals surface area contributed by atoms with E-state index in [1.165, 1.54) is 0 Å². The van der Waals surface area contributed by atoms with E-state index < -0.39 is 0 Å². The molecule has 0 aliphatic heterocycles. The quantitative estimate of drug-likeness (QED) is 0.801. The largest absolute Gasteiger partial charge is 0.648 e. The second-order valence-electron chi connectivity index (χ2n) is 4.52. The first-order chi connectivity index (χ1) is 8.68. The summed E-state index contributed by atoms with van der Waals surface area (Å²) in [5.74, 6) is -0.131. The van der Waals surface area contributed by atoms with Gasteiger partial charge < -0.3 is 15.0 Å². The van der Waals surface area contributed by atoms with E-state index in [1.807, 2.05) is 61.5 Å². The molecule has 0 aliphatic carbocycles. The topological polar surface area (TPSA) is 34.4 Å². The maximum atomic E-state index is 12.1. The van der Waals surface area contributed by atoms with Crippen LogP contribution in [0.2, 0.25) is 0 Å². The van der Waals surface area contributed by atoms with Crippen molar-refractivity contribution < 1.29 is 54.2 Å². The van der Waals surface area contributed by atoms with Crippen LogP contribution in [-0.2, 0) is 0 Å². The van der Waals surface area contributed by atoms with Gasteiger partial charge in [0.05, 0.1) is 5.91 Å². The van der Waals surface area contributed by atoms with E-state index in [0.717, 1.165) is 17.3 Å². The van der Waals surface area contributed by atoms with Gasteiger partial charge in [0.1, 0.15) is 0 Å². The average Bonchev–Trinajstić information content (AvgIpc) is 2.37. The second-order valence-corrected chi connectivity index (χ2v) is 4.52. The molecule has 3 nitrogen and oxygen atoms in total. The van der Waals surface area contributed by atoms with Crippen molar-refractivity contribution in [2.24, 2.45) is 0 Å². The minimum absolute atomic E-state index is 0. The van der Waals surface area contributed by atoms with Gasteiger partial charge in [0, 0.05) is 54.9 Å². The summed E-state index contributed by atoms with van der Waals surface area (Å²) in [4.78, 5) is 14.1. The fourth-order valence-corrected chi connectivity index (χ4v) is 1.85. The number of nitrogens with zero attached hydrogens (tertiary/aromatic N) is 2. The number of benzene rings is 2. The van der Waals surface area contributed by atoms with Gasteiger partial charge in [-0.15, -0.1) is 6.54 Å². The van der Waals surface area contributed by atoms with Crippen LogP contribution in [0.1, 0.15) is 10.4 Å². The van der Waals surface area contributed by atoms with Crippen LogP contribution in [0, 0.1) is 49.4 Å². The van der Waals surface area contributed by atoms with Crippen molar-refractivity contribution in [2.45, 2.75) is 0 Å². The molecule has 0 spiro atoms. The summed E-state index contributed by atoms with van der Waals surface area (Å²) >= 11 is 0. The minimum Gasteiger partial charge on any atom is -0.648 e. The smallest absolute Gasteiger partial charge is 0.0826 e. The number of rotatable bonds is 4. The van der Waals surface area contributed by atoms with Crippen LogP contribution < -0.4 is 0 Å². The van der Waals surface area contributed by atoms with Gasteiger partial charge in [-0.2, -0.15) is 0 Å². The zero-order valence-corrected chi connectivity index (χ0v) is 13.6. The molecule has 4 heteroatoms. The molecule has 101 valence electrons. The molecule has 0 saturated carbocycles. The first-order valence-electron chi connectivity index (χ1n) is 6.03. The predicted octanol–water partition coefficient (Wildman–Crippen LogP) is 2.92. The molecule has 2 aromatic rings. The molecule has 0 fully saturated rings. The summed E-state index contributed by atoms with van der Waals surface area (Å²) in [6.07, 6.45) is 0. The number of fused-ring (bicyclic) bond motifs is 1. The van der Waals surface area contributed by atoms with Crippen LogP contribution >= 0.6 is 0 Å². The minimum atomic E-state index is -0.131. The van der Waals surface area contributed by atoms with Crippen LogP contribution in [0.15, 0.2) is 42.5 Å². The zero-order valence-electron chi connectivity index (χ0n) is 11.1. The van der Waals surface area contributed by atoms with Gasteiger partial charge in [-0.3, -0.25) is 0 Å². The van der Waals surface area contributed by atoms with Gasteiger partial charge in [-0.25, -0.2) is 0 Å². The summed E-state index contributed by atoms with van der Waals surface area (Å²) in [7, 11) is 3.94. The van der Waals surface area contributed by atoms with E-state index in [2.05, 4.69) is 5.32 Å². The average molecular weight is 393 g/mol. The third kappa shape index (κ3) is 4.64. The molecule has 2 rings (SSSR count). The van der Waals surface area contributed by atoms with Gasteiger partial charge in [-0.1, -0.05) is 42.5 Å². The molecule has 0 saturated heterocycles. The van der Waals surface area contributed by atoms with Crippen LogP contribution in [0.5, 0.6) is 0 Å². The van der Waals surface area contributed by atoms with Crippen molar-refractivity contribution in [3.05, 3.63) is 53.3 Å². The van der Waals surface area contributed by atoms with Crippen LogP contribution in [0.3, 0.4) is 0 Å². The number of amides is 1. The molecule has 0 heterocycles. The maximum Gasteiger partial charge on any atom is 0.0826 e. The first-order valence-corrected chi connectivity index (χ1v) is 6.03. The Balaban J connectivity index is 0.00000180. The van der Waals surface area contributed by atoms with Crippen molar-refractivity contribution in [3.63, 3.8) is 0 Å². The standard InChI is InChI=1S/C15H18N2O.Eu/c1-17(2)11-10-16-15(18)14-9-5-7-12-6-3-4-8-13(12)14;/h3-9H,10-11H2,1-2H3,(H,16,18);/p-1. The maximum absolute atomic E-state index is 12.1. The fourth-order valence-electron chi connectivity index (χ4n) is 1.85. The molecule has 0 aliphatic rings. The van der Waals surface area contributed by atoms with E-state index in [9.17, 15) is 4.79 Å². The van der Waals surface area contributed by atoms with Crippen molar-refractivity contribution in [1.29, 1.82) is 0 Å². The van der Waals surface area contributed by atoms with Gasteiger partial charge in [0.25, 0.3) is 0 Å². The van der Waals surface area contributed by atoms with E-state index in [4.69, 9.17) is 0 Å². The summed E-state index contributed by atoms with van der Waals surface area (Å²) < 4.78 is 0. The Kier molecular flexibility index (Phi) is 7.15. The van der Waals surface area contributed by atoms with Gasteiger partial charge in [0.2, 0.25) is 0 Å². The molecule has 0 atom stereocenters. The number of likely N-dealkylation sites (N-methyl/N-ethyl adjacent to an activating group) is 1. The molecule has 2 aromatic carbocycles. The van der Waals surface area contributed by atoms with Crippen molar-refractivity contribution in [2.75, 3.05) is 27.2 Å². The summed E-state index contributed by atoms with van der Waals surface area (Å²) in [6.45, 7) is 1.32. The van der Waals surface area contributed by atoms with Crippen molar-refractivity contribution in [1.82, 2.24) is 4.90 Å². The van der Waals surface area contributed by atoms with Crippen LogP contribution in [0.25, 0.3) is 16.1 Å². The molecule has 1 radical (unpaired) electrons. The fraction of sp³-hybridized carbons (Fsp3) is 0.267. The molecule has 0 unspecified atom stereocenters. The predicted molar refractivity (Wildman–Crippen MR) is 75.1 cm³/mol. The zero-order chi connectivity index (χ0) is 13.0. The molecule has 0 N–H and O–H groups in total. The monoisotopic (exact) mass is 394 g/mol. The second kappa shape index (κ2) is 8.10. The number of hydrogen-bond acceptors (Lipinski definition) is 2. The molecular formula is C15H17EuN2O-.